The molecule has 0 amide bonds. The first-order valence-corrected chi connectivity index (χ1v) is 2.56. The van der Waals surface area contributed by atoms with E-state index in [-0.39, 0.29) is 0 Å². The van der Waals surface area contributed by atoms with Crippen LogP contribution in [0.25, 0.3) is 0 Å². The third-order valence-electron chi connectivity index (χ3n) is 0.429. The fraction of sp³-hybridized carbons (Fsp3) is 0. The second-order valence-corrected chi connectivity index (χ2v) is 2.12. The van der Waals surface area contributed by atoms with Crippen molar-refractivity contribution >= 4 is 22.6 Å². The molecule has 1 aromatic rings. The van der Waals surface area contributed by atoms with Crippen molar-refractivity contribution in [3.05, 3.63) is 16.0 Å². The van der Waals surface area contributed by atoms with Crippen LogP contribution < -0.4 is 0 Å². The lowest BCUT2D eigenvalue weighted by Gasteiger charge is -1.59. The molecule has 0 saturated carbocycles. The van der Waals surface area contributed by atoms with Gasteiger partial charge in [0.05, 0.1) is 9.77 Å². The van der Waals surface area contributed by atoms with Crippen LogP contribution in [-0.4, -0.2) is 10.2 Å². The summed E-state index contributed by atoms with van der Waals surface area (Å²) < 4.78 is 7.81. The maximum absolute atomic E-state index is 6.82. The quantitative estimate of drug-likeness (QED) is 0.615. The van der Waals surface area contributed by atoms with Crippen molar-refractivity contribution in [2.24, 2.45) is 0 Å². The van der Waals surface area contributed by atoms with Gasteiger partial charge in [-0.1, -0.05) is 0 Å². The van der Waals surface area contributed by atoms with E-state index >= 15 is 0 Å². The molecule has 6 heavy (non-hydrogen) atoms. The Bertz CT molecular complexity index is 145. The van der Waals surface area contributed by atoms with Gasteiger partial charge >= 0.3 is 0 Å². The van der Waals surface area contributed by atoms with Gasteiger partial charge in [0.2, 0.25) is 0 Å². The molecule has 0 aliphatic heterocycles. The standard InChI is InChI=1S/C3H3IN2/c4-3-1-5-6-2-3/h1-2H,(H,5,6)/i/hD. The molecule has 0 unspecified atom stereocenters. The lowest BCUT2D eigenvalue weighted by Crippen LogP contribution is -1.53. The summed E-state index contributed by atoms with van der Waals surface area (Å²) in [4.78, 5) is 0. The van der Waals surface area contributed by atoms with E-state index < -0.39 is 0 Å². The maximum Gasteiger partial charge on any atom is 0.189 e. The van der Waals surface area contributed by atoms with E-state index in [1.54, 1.807) is 12.4 Å². The van der Waals surface area contributed by atoms with Crippen molar-refractivity contribution in [3.8, 4) is 0 Å². The van der Waals surface area contributed by atoms with Crippen LogP contribution in [0.2, 0.25) is 1.41 Å². The Balaban J connectivity index is 3.04. The minimum absolute atomic E-state index is 0.993. The van der Waals surface area contributed by atoms with Gasteiger partial charge < -0.3 is 0 Å². The molecule has 3 heteroatoms. The van der Waals surface area contributed by atoms with Gasteiger partial charge in [-0.15, -0.1) is 0 Å². The van der Waals surface area contributed by atoms with Gasteiger partial charge in [0.15, 0.2) is 1.41 Å². The fourth-order valence-corrected chi connectivity index (χ4v) is 0.459. The van der Waals surface area contributed by atoms with Crippen molar-refractivity contribution in [1.82, 2.24) is 10.2 Å². The number of nitrogens with one attached hydrogen (secondary N) is 1. The topological polar surface area (TPSA) is 28.7 Å². The zero-order valence-electron chi connectivity index (χ0n) is 3.93. The summed E-state index contributed by atoms with van der Waals surface area (Å²) in [6.07, 6.45) is 3.26. The molecule has 0 radical (unpaired) electrons. The molecule has 0 bridgehead atoms. The Kier molecular flexibility index (Phi) is 0.799. The van der Waals surface area contributed by atoms with Gasteiger partial charge in [-0.05, 0) is 22.6 Å². The molecule has 1 aromatic heterocycles. The Morgan fingerprint density at radius 1 is 2.17 bits per heavy atom. The molecule has 0 saturated heterocycles. The highest BCUT2D eigenvalue weighted by Gasteiger charge is 1.77. The second kappa shape index (κ2) is 1.59. The lowest BCUT2D eigenvalue weighted by atomic mass is 10.8. The Labute approximate surface area is 50.6 Å². The van der Waals surface area contributed by atoms with Crippen LogP contribution in [0.3, 0.4) is 0 Å². The van der Waals surface area contributed by atoms with Crippen molar-refractivity contribution in [2.45, 2.75) is 0 Å². The molecular weight excluding hydrogens is 191 g/mol. The first kappa shape index (κ1) is 3.01. The molecule has 0 aliphatic carbocycles. The number of H-pyrrole nitrogens is 1. The Hall–Kier alpha value is -0.0600. The third-order valence-corrected chi connectivity index (χ3v) is 0.986. The largest absolute Gasteiger partial charge is 0.285 e. The molecule has 1 N–H and O–H groups in total. The molecule has 32 valence electrons. The number of aromatic nitrogens is 2. The predicted octanol–water partition coefficient (Wildman–Crippen LogP) is 1.01. The number of aromatic amines is 1. The minimum Gasteiger partial charge on any atom is -0.285 e. The van der Waals surface area contributed by atoms with Gasteiger partial charge in [0.25, 0.3) is 0 Å². The van der Waals surface area contributed by atoms with E-state index in [2.05, 4.69) is 27.7 Å². The van der Waals surface area contributed by atoms with Crippen LogP contribution >= 0.6 is 22.6 Å². The molecule has 0 aliphatic rings. The van der Waals surface area contributed by atoms with Crippen LogP contribution in [0.15, 0.2) is 12.4 Å². The van der Waals surface area contributed by atoms with Gasteiger partial charge in [-0.3, -0.25) is 5.09 Å². The number of rotatable bonds is 0. The number of hydrogen-bond donors (Lipinski definition) is 1. The van der Waals surface area contributed by atoms with Crippen LogP contribution in [0, 0.1) is 3.57 Å². The smallest absolute Gasteiger partial charge is 0.189 e. The summed E-state index contributed by atoms with van der Waals surface area (Å²) in [5, 5.41) is 4.62. The zero-order chi connectivity index (χ0) is 5.28. The first-order valence-electron chi connectivity index (χ1n) is 1.93. The van der Waals surface area contributed by atoms with Crippen molar-refractivity contribution < 1.29 is 1.41 Å². The summed E-state index contributed by atoms with van der Waals surface area (Å²) in [6, 6.07) is 0. The summed E-state index contributed by atoms with van der Waals surface area (Å²) in [5.74, 6) is 0. The third kappa shape index (κ3) is 0.707. The van der Waals surface area contributed by atoms with E-state index in [4.69, 9.17) is 1.41 Å². The summed E-state index contributed by atoms with van der Waals surface area (Å²) >= 11 is 2.10. The molecule has 0 atom stereocenters. The van der Waals surface area contributed by atoms with E-state index in [0.717, 1.165) is 8.66 Å². The normalized spacial score (nSPS) is 11.2. The number of halogens is 1. The highest BCUT2D eigenvalue weighted by molar-refractivity contribution is 14.1. The lowest BCUT2D eigenvalue weighted by molar-refractivity contribution is 1.09. The van der Waals surface area contributed by atoms with E-state index in [0.29, 0.717) is 0 Å². The van der Waals surface area contributed by atoms with Crippen molar-refractivity contribution in [3.63, 3.8) is 0 Å². The van der Waals surface area contributed by atoms with E-state index in [1.807, 2.05) is 0 Å². The van der Waals surface area contributed by atoms with E-state index in [9.17, 15) is 0 Å². The number of hydrogen-bond acceptors (Lipinski definition) is 1. The van der Waals surface area contributed by atoms with Crippen LogP contribution in [0.1, 0.15) is 0 Å². The second-order valence-electron chi connectivity index (χ2n) is 0.874. The van der Waals surface area contributed by atoms with E-state index in [1.165, 1.54) is 0 Å². The van der Waals surface area contributed by atoms with Gasteiger partial charge in [0, 0.05) is 6.20 Å². The molecule has 1 heterocycles. The van der Waals surface area contributed by atoms with Crippen LogP contribution in [0.5, 0.6) is 0 Å². The minimum atomic E-state index is 0.993. The Morgan fingerprint density at radius 3 is 3.17 bits per heavy atom. The molecule has 0 fully saturated rings. The summed E-state index contributed by atoms with van der Waals surface area (Å²) in [5.41, 5.74) is 0. The van der Waals surface area contributed by atoms with Crippen molar-refractivity contribution in [2.75, 3.05) is 0 Å². The summed E-state index contributed by atoms with van der Waals surface area (Å²) in [7, 11) is 0. The SMILES string of the molecule is [2H]n1cc(I)cn1. The maximum atomic E-state index is 6.82. The zero-order valence-corrected chi connectivity index (χ0v) is 5.08. The molecular formula is C3H3IN2. The van der Waals surface area contributed by atoms with Gasteiger partial charge in [-0.25, -0.2) is 0 Å². The first-order chi connectivity index (χ1) is 3.29. The van der Waals surface area contributed by atoms with Crippen molar-refractivity contribution in [1.29, 1.82) is 0 Å². The fourth-order valence-electron chi connectivity index (χ4n) is 0.210. The highest BCUT2D eigenvalue weighted by atomic mass is 127. The predicted molar refractivity (Wildman–Crippen MR) is 31.3 cm³/mol. The van der Waals surface area contributed by atoms with Crippen LogP contribution in [0.4, 0.5) is 0 Å². The van der Waals surface area contributed by atoms with Crippen LogP contribution in [-0.2, 0) is 0 Å². The number of nitrogens with zero attached hydrogens (tertiary/aromatic N) is 1. The monoisotopic (exact) mass is 195 g/mol. The summed E-state index contributed by atoms with van der Waals surface area (Å²) in [6.45, 7) is 0. The Morgan fingerprint density at radius 2 is 3.00 bits per heavy atom. The highest BCUT2D eigenvalue weighted by Crippen LogP contribution is 1.95. The average Bonchev–Trinajstić information content (AvgIpc) is 1.87. The van der Waals surface area contributed by atoms with Gasteiger partial charge in [-0.2, -0.15) is 5.10 Å². The average molecular weight is 195 g/mol. The molecule has 0 aromatic carbocycles. The molecule has 2 nitrogen and oxygen atoms in total. The molecule has 1 rings (SSSR count). The van der Waals surface area contributed by atoms with Gasteiger partial charge in [0.1, 0.15) is 0 Å². The molecule has 0 spiro atoms.